The zero-order valence-electron chi connectivity index (χ0n) is 4.91. The quantitative estimate of drug-likeness (QED) is 0.597. The largest absolute Gasteiger partial charge is 0.0625 e. The first-order valence-corrected chi connectivity index (χ1v) is 2.89. The Morgan fingerprint density at radius 1 is 1.14 bits per heavy atom. The van der Waals surface area contributed by atoms with Crippen molar-refractivity contribution in [3.05, 3.63) is 0 Å². The van der Waals surface area contributed by atoms with E-state index in [9.17, 15) is 0 Å². The molecule has 1 fully saturated rings. The Hall–Kier alpha value is 0.922. The molecule has 0 bridgehead atoms. The number of rotatable bonds is 0. The normalized spacial score (nSPS) is 21.9. The van der Waals surface area contributed by atoms with Gasteiger partial charge in [0.05, 0.1) is 0 Å². The number of hydrogen-bond acceptors (Lipinski definition) is 0. The van der Waals surface area contributed by atoms with Crippen LogP contribution in [0.1, 0.15) is 32.6 Å². The minimum atomic E-state index is 0. The zero-order valence-corrected chi connectivity index (χ0v) is 8.79. The monoisotopic (exact) mass is 292 g/mol. The fraction of sp³-hybridized carbons (Fsp3) is 1.00. The topological polar surface area (TPSA) is 0 Å². The van der Waals surface area contributed by atoms with E-state index in [-0.39, 0.29) is 27.3 Å². The van der Waals surface area contributed by atoms with E-state index in [0.717, 1.165) is 5.92 Å². The van der Waals surface area contributed by atoms with Crippen LogP contribution in [0.4, 0.5) is 0 Å². The van der Waals surface area contributed by atoms with Crippen LogP contribution in [0.15, 0.2) is 0 Å². The zero-order chi connectivity index (χ0) is 4.41. The fourth-order valence-corrected chi connectivity index (χ4v) is 1.13. The Labute approximate surface area is 65.8 Å². The van der Waals surface area contributed by atoms with Crippen molar-refractivity contribution in [1.82, 2.24) is 0 Å². The Morgan fingerprint density at radius 3 is 1.71 bits per heavy atom. The summed E-state index contributed by atoms with van der Waals surface area (Å²) in [6, 6.07) is 0. The molecule has 0 atom stereocenters. The van der Waals surface area contributed by atoms with Crippen LogP contribution in [0, 0.1) is 5.92 Å². The summed E-state index contributed by atoms with van der Waals surface area (Å²) >= 11 is 0. The molecule has 1 saturated carbocycles. The van der Waals surface area contributed by atoms with E-state index in [4.69, 9.17) is 0 Å². The molecule has 0 unspecified atom stereocenters. The Bertz CT molecular complexity index is 37.4. The standard InChI is InChI=1S/C6H12.Pb/c1-6-4-2-3-5-6;/h6H,2-5H2,1H3;. The Balaban J connectivity index is 0.000000360. The van der Waals surface area contributed by atoms with Gasteiger partial charge in [-0.25, -0.2) is 0 Å². The van der Waals surface area contributed by atoms with Gasteiger partial charge in [0, 0.05) is 27.3 Å². The van der Waals surface area contributed by atoms with Crippen LogP contribution in [-0.2, 0) is 0 Å². The van der Waals surface area contributed by atoms with Gasteiger partial charge < -0.3 is 0 Å². The maximum atomic E-state index is 2.34. The van der Waals surface area contributed by atoms with Gasteiger partial charge in [-0.05, 0) is 5.92 Å². The second kappa shape index (κ2) is 3.87. The van der Waals surface area contributed by atoms with Gasteiger partial charge in [0.1, 0.15) is 0 Å². The van der Waals surface area contributed by atoms with Crippen LogP contribution >= 0.6 is 0 Å². The van der Waals surface area contributed by atoms with E-state index in [1.165, 1.54) is 25.7 Å². The summed E-state index contributed by atoms with van der Waals surface area (Å²) in [4.78, 5) is 0. The molecular weight excluding hydrogens is 279 g/mol. The van der Waals surface area contributed by atoms with Gasteiger partial charge in [-0.2, -0.15) is 0 Å². The minimum absolute atomic E-state index is 0. The number of hydrogen-bond donors (Lipinski definition) is 0. The SMILES string of the molecule is CC1CCCC1.[Pb]. The molecule has 0 aromatic carbocycles. The van der Waals surface area contributed by atoms with E-state index in [0.29, 0.717) is 0 Å². The van der Waals surface area contributed by atoms with Crippen molar-refractivity contribution in [2.24, 2.45) is 5.92 Å². The van der Waals surface area contributed by atoms with Crippen molar-refractivity contribution in [1.29, 1.82) is 0 Å². The molecule has 0 amide bonds. The summed E-state index contributed by atoms with van der Waals surface area (Å²) in [5.74, 6) is 1.05. The van der Waals surface area contributed by atoms with E-state index < -0.39 is 0 Å². The molecule has 1 rings (SSSR count). The minimum Gasteiger partial charge on any atom is -0.0625 e. The van der Waals surface area contributed by atoms with Gasteiger partial charge >= 0.3 is 0 Å². The van der Waals surface area contributed by atoms with Gasteiger partial charge in [-0.1, -0.05) is 32.6 Å². The summed E-state index contributed by atoms with van der Waals surface area (Å²) in [6.45, 7) is 2.34. The van der Waals surface area contributed by atoms with Crippen molar-refractivity contribution in [2.75, 3.05) is 0 Å². The molecule has 0 aromatic heterocycles. The molecule has 0 aliphatic heterocycles. The summed E-state index contributed by atoms with van der Waals surface area (Å²) < 4.78 is 0. The molecular formula is C6H12Pb. The molecule has 7 heavy (non-hydrogen) atoms. The second-order valence-electron chi connectivity index (χ2n) is 2.39. The van der Waals surface area contributed by atoms with Crippen molar-refractivity contribution < 1.29 is 0 Å². The van der Waals surface area contributed by atoms with Gasteiger partial charge in [-0.15, -0.1) is 0 Å². The third kappa shape index (κ3) is 2.67. The predicted octanol–water partition coefficient (Wildman–Crippen LogP) is 1.82. The second-order valence-corrected chi connectivity index (χ2v) is 2.39. The average molecular weight is 291 g/mol. The van der Waals surface area contributed by atoms with Crippen LogP contribution in [0.5, 0.6) is 0 Å². The first-order chi connectivity index (χ1) is 2.89. The maximum absolute atomic E-state index is 2.34. The van der Waals surface area contributed by atoms with Crippen molar-refractivity contribution >= 4 is 27.3 Å². The van der Waals surface area contributed by atoms with Crippen molar-refractivity contribution in [3.8, 4) is 0 Å². The molecule has 4 radical (unpaired) electrons. The van der Waals surface area contributed by atoms with Crippen molar-refractivity contribution in [3.63, 3.8) is 0 Å². The van der Waals surface area contributed by atoms with Gasteiger partial charge in [0.2, 0.25) is 0 Å². The molecule has 0 heterocycles. The van der Waals surface area contributed by atoms with E-state index in [1.807, 2.05) is 0 Å². The molecule has 0 spiro atoms. The summed E-state index contributed by atoms with van der Waals surface area (Å²) in [6.07, 6.45) is 5.95. The Kier molecular flexibility index (Phi) is 4.38. The molecule has 0 nitrogen and oxygen atoms in total. The van der Waals surface area contributed by atoms with Crippen LogP contribution in [0.3, 0.4) is 0 Å². The molecule has 0 saturated heterocycles. The van der Waals surface area contributed by atoms with Crippen LogP contribution < -0.4 is 0 Å². The first kappa shape index (κ1) is 7.92. The van der Waals surface area contributed by atoms with Gasteiger partial charge in [-0.3, -0.25) is 0 Å². The van der Waals surface area contributed by atoms with Gasteiger partial charge in [0.25, 0.3) is 0 Å². The molecule has 1 aliphatic carbocycles. The summed E-state index contributed by atoms with van der Waals surface area (Å²) in [5, 5.41) is 0. The third-order valence-electron chi connectivity index (χ3n) is 1.64. The van der Waals surface area contributed by atoms with Crippen molar-refractivity contribution in [2.45, 2.75) is 32.6 Å². The smallest absolute Gasteiger partial charge is 0 e. The Morgan fingerprint density at radius 2 is 1.57 bits per heavy atom. The third-order valence-corrected chi connectivity index (χ3v) is 1.64. The molecule has 1 aliphatic rings. The first-order valence-electron chi connectivity index (χ1n) is 2.89. The average Bonchev–Trinajstić information content (AvgIpc) is 1.86. The molecule has 0 aromatic rings. The van der Waals surface area contributed by atoms with E-state index in [1.54, 1.807) is 0 Å². The molecule has 1 heteroatoms. The van der Waals surface area contributed by atoms with Gasteiger partial charge in [0.15, 0.2) is 0 Å². The van der Waals surface area contributed by atoms with Crippen LogP contribution in [0.25, 0.3) is 0 Å². The molecule has 0 N–H and O–H groups in total. The summed E-state index contributed by atoms with van der Waals surface area (Å²) in [5.41, 5.74) is 0. The molecule has 40 valence electrons. The van der Waals surface area contributed by atoms with Crippen LogP contribution in [0.2, 0.25) is 0 Å². The fourth-order valence-electron chi connectivity index (χ4n) is 1.13. The maximum Gasteiger partial charge on any atom is 0 e. The summed E-state index contributed by atoms with van der Waals surface area (Å²) in [7, 11) is 0. The van der Waals surface area contributed by atoms with E-state index in [2.05, 4.69) is 6.92 Å². The predicted molar refractivity (Wildman–Crippen MR) is 33.4 cm³/mol. The van der Waals surface area contributed by atoms with E-state index >= 15 is 0 Å². The van der Waals surface area contributed by atoms with Crippen LogP contribution in [-0.4, -0.2) is 27.3 Å².